The third kappa shape index (κ3) is 2.99. The molecule has 1 aliphatic heterocycles. The Morgan fingerprint density at radius 1 is 0.950 bits per heavy atom. The van der Waals surface area contributed by atoms with Gasteiger partial charge in [0.15, 0.2) is 0 Å². The van der Waals surface area contributed by atoms with Crippen LogP contribution in [0.1, 0.15) is 25.7 Å². The van der Waals surface area contributed by atoms with Crippen molar-refractivity contribution in [3.8, 4) is 0 Å². The predicted molar refractivity (Wildman–Crippen MR) is 85.1 cm³/mol. The van der Waals surface area contributed by atoms with Gasteiger partial charge in [0.25, 0.3) is 0 Å². The zero-order chi connectivity index (χ0) is 13.8. The van der Waals surface area contributed by atoms with E-state index >= 15 is 0 Å². The summed E-state index contributed by atoms with van der Waals surface area (Å²) in [4.78, 5) is 5.14. The second kappa shape index (κ2) is 6.15. The Bertz CT molecular complexity index is 404. The van der Waals surface area contributed by atoms with Crippen LogP contribution in [0.4, 0.5) is 5.69 Å². The van der Waals surface area contributed by atoms with Crippen LogP contribution < -0.4 is 10.6 Å². The van der Waals surface area contributed by atoms with Gasteiger partial charge in [-0.3, -0.25) is 4.90 Å². The van der Waals surface area contributed by atoms with Gasteiger partial charge in [-0.25, -0.2) is 0 Å². The van der Waals surface area contributed by atoms with Gasteiger partial charge in [0.1, 0.15) is 0 Å². The van der Waals surface area contributed by atoms with Crippen molar-refractivity contribution >= 4 is 5.69 Å². The summed E-state index contributed by atoms with van der Waals surface area (Å²) < 4.78 is 0. The topological polar surface area (TPSA) is 32.5 Å². The molecule has 0 bridgehead atoms. The van der Waals surface area contributed by atoms with E-state index in [2.05, 4.69) is 40.1 Å². The molecule has 2 fully saturated rings. The molecule has 20 heavy (non-hydrogen) atoms. The lowest BCUT2D eigenvalue weighted by molar-refractivity contribution is 0.151. The first-order valence-corrected chi connectivity index (χ1v) is 8.04. The van der Waals surface area contributed by atoms with Crippen molar-refractivity contribution in [2.45, 2.75) is 25.7 Å². The number of para-hydroxylation sites is 1. The molecule has 0 amide bonds. The van der Waals surface area contributed by atoms with Crippen LogP contribution in [0.3, 0.4) is 0 Å². The van der Waals surface area contributed by atoms with Crippen LogP contribution in [0, 0.1) is 5.41 Å². The molecule has 1 heterocycles. The summed E-state index contributed by atoms with van der Waals surface area (Å²) in [5.41, 5.74) is 7.86. The maximum absolute atomic E-state index is 6.07. The lowest BCUT2D eigenvalue weighted by Crippen LogP contribution is -2.50. The number of piperazine rings is 1. The van der Waals surface area contributed by atoms with Crippen LogP contribution >= 0.6 is 0 Å². The highest BCUT2D eigenvalue weighted by Gasteiger charge is 2.34. The van der Waals surface area contributed by atoms with Crippen LogP contribution in [0.5, 0.6) is 0 Å². The van der Waals surface area contributed by atoms with E-state index in [0.29, 0.717) is 5.41 Å². The molecule has 1 saturated heterocycles. The van der Waals surface area contributed by atoms with Gasteiger partial charge in [0.05, 0.1) is 0 Å². The van der Waals surface area contributed by atoms with Crippen molar-refractivity contribution in [3.05, 3.63) is 30.3 Å². The Morgan fingerprint density at radius 2 is 1.60 bits per heavy atom. The average Bonchev–Trinajstić information content (AvgIpc) is 2.98. The first-order valence-electron chi connectivity index (χ1n) is 8.04. The SMILES string of the molecule is NCC1(CN2CCN(c3ccccc3)CC2)CCCC1. The van der Waals surface area contributed by atoms with E-state index in [1.165, 1.54) is 51.0 Å². The minimum absolute atomic E-state index is 0.426. The summed E-state index contributed by atoms with van der Waals surface area (Å²) >= 11 is 0. The number of nitrogens with zero attached hydrogens (tertiary/aromatic N) is 2. The van der Waals surface area contributed by atoms with Crippen LogP contribution in [0.15, 0.2) is 30.3 Å². The molecule has 1 aromatic carbocycles. The zero-order valence-corrected chi connectivity index (χ0v) is 12.4. The number of nitrogens with two attached hydrogens (primary N) is 1. The van der Waals surface area contributed by atoms with Crippen molar-refractivity contribution in [2.24, 2.45) is 11.1 Å². The molecule has 3 heteroatoms. The van der Waals surface area contributed by atoms with Crippen LogP contribution in [0.2, 0.25) is 0 Å². The molecule has 1 aromatic rings. The molecule has 2 N–H and O–H groups in total. The van der Waals surface area contributed by atoms with Crippen molar-refractivity contribution in [1.29, 1.82) is 0 Å². The van der Waals surface area contributed by atoms with E-state index in [0.717, 1.165) is 19.6 Å². The van der Waals surface area contributed by atoms with Gasteiger partial charge < -0.3 is 10.6 Å². The van der Waals surface area contributed by atoms with E-state index in [1.807, 2.05) is 0 Å². The van der Waals surface area contributed by atoms with Crippen molar-refractivity contribution < 1.29 is 0 Å². The molecular formula is C17H27N3. The minimum atomic E-state index is 0.426. The standard InChI is InChI=1S/C17H27N3/c18-14-17(8-4-5-9-17)15-19-10-12-20(13-11-19)16-6-2-1-3-7-16/h1-3,6-7H,4-5,8-15,18H2. The van der Waals surface area contributed by atoms with E-state index in [-0.39, 0.29) is 0 Å². The number of benzene rings is 1. The molecule has 1 saturated carbocycles. The summed E-state index contributed by atoms with van der Waals surface area (Å²) in [5, 5.41) is 0. The van der Waals surface area contributed by atoms with Gasteiger partial charge in [-0.1, -0.05) is 31.0 Å². The molecule has 1 aliphatic carbocycles. The van der Waals surface area contributed by atoms with Gasteiger partial charge in [-0.2, -0.15) is 0 Å². The monoisotopic (exact) mass is 273 g/mol. The molecule has 0 spiro atoms. The van der Waals surface area contributed by atoms with Gasteiger partial charge in [-0.15, -0.1) is 0 Å². The lowest BCUT2D eigenvalue weighted by atomic mass is 9.85. The highest BCUT2D eigenvalue weighted by molar-refractivity contribution is 5.46. The second-order valence-corrected chi connectivity index (χ2v) is 6.51. The summed E-state index contributed by atoms with van der Waals surface area (Å²) in [7, 11) is 0. The molecule has 3 nitrogen and oxygen atoms in total. The normalized spacial score (nSPS) is 23.1. The van der Waals surface area contributed by atoms with Gasteiger partial charge in [-0.05, 0) is 36.9 Å². The number of anilines is 1. The average molecular weight is 273 g/mol. The van der Waals surface area contributed by atoms with E-state index in [4.69, 9.17) is 5.73 Å². The number of hydrogen-bond acceptors (Lipinski definition) is 3. The molecule has 110 valence electrons. The lowest BCUT2D eigenvalue weighted by Gasteiger charge is -2.40. The number of hydrogen-bond donors (Lipinski definition) is 1. The fourth-order valence-electron chi connectivity index (χ4n) is 3.83. The Kier molecular flexibility index (Phi) is 4.27. The van der Waals surface area contributed by atoms with Crippen LogP contribution in [-0.2, 0) is 0 Å². The molecule has 3 rings (SSSR count). The highest BCUT2D eigenvalue weighted by atomic mass is 15.3. The molecule has 0 atom stereocenters. The van der Waals surface area contributed by atoms with Gasteiger partial charge in [0, 0.05) is 38.4 Å². The Hall–Kier alpha value is -1.06. The first-order chi connectivity index (χ1) is 9.81. The van der Waals surface area contributed by atoms with Crippen molar-refractivity contribution in [3.63, 3.8) is 0 Å². The van der Waals surface area contributed by atoms with Crippen molar-refractivity contribution in [1.82, 2.24) is 4.90 Å². The fraction of sp³-hybridized carbons (Fsp3) is 0.647. The summed E-state index contributed by atoms with van der Waals surface area (Å²) in [6, 6.07) is 10.8. The largest absolute Gasteiger partial charge is 0.369 e. The maximum Gasteiger partial charge on any atom is 0.0367 e. The zero-order valence-electron chi connectivity index (χ0n) is 12.4. The van der Waals surface area contributed by atoms with Crippen molar-refractivity contribution in [2.75, 3.05) is 44.2 Å². The quantitative estimate of drug-likeness (QED) is 0.914. The van der Waals surface area contributed by atoms with E-state index in [1.54, 1.807) is 0 Å². The molecule has 2 aliphatic rings. The second-order valence-electron chi connectivity index (χ2n) is 6.51. The van der Waals surface area contributed by atoms with Crippen LogP contribution in [-0.4, -0.2) is 44.2 Å². The maximum atomic E-state index is 6.07. The minimum Gasteiger partial charge on any atom is -0.369 e. The van der Waals surface area contributed by atoms with Gasteiger partial charge >= 0.3 is 0 Å². The predicted octanol–water partition coefficient (Wildman–Crippen LogP) is 2.33. The summed E-state index contributed by atoms with van der Waals surface area (Å²) in [5.74, 6) is 0. The smallest absolute Gasteiger partial charge is 0.0367 e. The van der Waals surface area contributed by atoms with E-state index < -0.39 is 0 Å². The molecule has 0 unspecified atom stereocenters. The Balaban J connectivity index is 1.54. The van der Waals surface area contributed by atoms with Gasteiger partial charge in [0.2, 0.25) is 0 Å². The third-order valence-electron chi connectivity index (χ3n) is 5.15. The van der Waals surface area contributed by atoms with Crippen LogP contribution in [0.25, 0.3) is 0 Å². The Labute approximate surface area is 122 Å². The molecule has 0 radical (unpaired) electrons. The molecule has 0 aromatic heterocycles. The summed E-state index contributed by atoms with van der Waals surface area (Å²) in [6.07, 6.45) is 5.42. The Morgan fingerprint density at radius 3 is 2.20 bits per heavy atom. The van der Waals surface area contributed by atoms with E-state index in [9.17, 15) is 0 Å². The third-order valence-corrected chi connectivity index (χ3v) is 5.15. The molecular weight excluding hydrogens is 246 g/mol. The fourth-order valence-corrected chi connectivity index (χ4v) is 3.83. The first kappa shape index (κ1) is 13.9. The number of rotatable bonds is 4. The summed E-state index contributed by atoms with van der Waals surface area (Å²) in [6.45, 7) is 6.72. The highest BCUT2D eigenvalue weighted by Crippen LogP contribution is 2.38.